The van der Waals surface area contributed by atoms with Crippen molar-refractivity contribution >= 4 is 11.9 Å². The molecule has 0 fully saturated rings. The Bertz CT molecular complexity index is 429. The maximum atomic E-state index is 8.93. The molecule has 3 heteroatoms. The van der Waals surface area contributed by atoms with Crippen molar-refractivity contribution in [3.05, 3.63) is 35.4 Å². The second-order valence-electron chi connectivity index (χ2n) is 4.00. The highest BCUT2D eigenvalue weighted by Crippen LogP contribution is 2.10. The van der Waals surface area contributed by atoms with Gasteiger partial charge in [-0.25, -0.2) is 0 Å². The van der Waals surface area contributed by atoms with Crippen LogP contribution in [0.1, 0.15) is 36.8 Å². The van der Waals surface area contributed by atoms with E-state index in [2.05, 4.69) is 6.07 Å². The van der Waals surface area contributed by atoms with Gasteiger partial charge in [0.2, 0.25) is 0 Å². The van der Waals surface area contributed by atoms with Crippen LogP contribution in [0, 0.1) is 22.1 Å². The smallest absolute Gasteiger partial charge is 0.0994 e. The van der Waals surface area contributed by atoms with Crippen LogP contribution in [-0.4, -0.2) is 11.9 Å². The summed E-state index contributed by atoms with van der Waals surface area (Å²) in [5, 5.41) is 23.7. The van der Waals surface area contributed by atoms with E-state index in [1.165, 1.54) is 6.21 Å². The van der Waals surface area contributed by atoms with Gasteiger partial charge in [-0.05, 0) is 43.5 Å². The third-order valence-electron chi connectivity index (χ3n) is 2.62. The molecule has 0 bridgehead atoms. The lowest BCUT2D eigenvalue weighted by Gasteiger charge is -2.05. The van der Waals surface area contributed by atoms with Crippen molar-refractivity contribution in [1.82, 2.24) is 0 Å². The maximum Gasteiger partial charge on any atom is 0.0994 e. The summed E-state index contributed by atoms with van der Waals surface area (Å²) in [7, 11) is 0. The third-order valence-corrected chi connectivity index (χ3v) is 2.62. The van der Waals surface area contributed by atoms with Gasteiger partial charge in [0.1, 0.15) is 0 Å². The fourth-order valence-corrected chi connectivity index (χ4v) is 1.69. The number of rotatable bonds is 7. The van der Waals surface area contributed by atoms with Gasteiger partial charge in [0, 0.05) is 12.1 Å². The fourth-order valence-electron chi connectivity index (χ4n) is 1.69. The molecule has 1 aromatic carbocycles. The molecule has 0 atom stereocenters. The van der Waals surface area contributed by atoms with Crippen molar-refractivity contribution in [1.29, 1.82) is 16.1 Å². The SMILES string of the molecule is N#Cc1ccccc1CC(=N)CCCCC=N. The van der Waals surface area contributed by atoms with E-state index in [0.29, 0.717) is 17.7 Å². The van der Waals surface area contributed by atoms with Gasteiger partial charge in [-0.1, -0.05) is 18.2 Å². The van der Waals surface area contributed by atoms with E-state index in [4.69, 9.17) is 16.1 Å². The Morgan fingerprint density at radius 1 is 1.29 bits per heavy atom. The molecule has 0 amide bonds. The van der Waals surface area contributed by atoms with Crippen LogP contribution in [0.3, 0.4) is 0 Å². The maximum absolute atomic E-state index is 8.93. The Labute approximate surface area is 102 Å². The molecule has 0 unspecified atom stereocenters. The van der Waals surface area contributed by atoms with Gasteiger partial charge in [-0.2, -0.15) is 5.26 Å². The van der Waals surface area contributed by atoms with Gasteiger partial charge < -0.3 is 10.8 Å². The van der Waals surface area contributed by atoms with Crippen LogP contribution in [0.25, 0.3) is 0 Å². The van der Waals surface area contributed by atoms with Crippen LogP contribution in [0.15, 0.2) is 24.3 Å². The largest absolute Gasteiger partial charge is 0.313 e. The van der Waals surface area contributed by atoms with Crippen LogP contribution in [-0.2, 0) is 6.42 Å². The third kappa shape index (κ3) is 4.60. The summed E-state index contributed by atoms with van der Waals surface area (Å²) < 4.78 is 0. The standard InChI is InChI=1S/C14H17N3/c15-9-5-1-2-8-14(17)10-12-6-3-4-7-13(12)11-16/h3-4,6-7,9,15,17H,1-2,5,8,10H2. The van der Waals surface area contributed by atoms with Crippen molar-refractivity contribution in [2.75, 3.05) is 0 Å². The molecular weight excluding hydrogens is 210 g/mol. The van der Waals surface area contributed by atoms with E-state index in [-0.39, 0.29) is 0 Å². The Balaban J connectivity index is 2.45. The summed E-state index contributed by atoms with van der Waals surface area (Å²) >= 11 is 0. The molecule has 0 saturated heterocycles. The minimum Gasteiger partial charge on any atom is -0.313 e. The molecule has 1 rings (SSSR count). The van der Waals surface area contributed by atoms with Crippen molar-refractivity contribution in [3.63, 3.8) is 0 Å². The Kier molecular flexibility index (Phi) is 5.67. The quantitative estimate of drug-likeness (QED) is 0.544. The molecule has 0 heterocycles. The Morgan fingerprint density at radius 2 is 2.06 bits per heavy atom. The molecule has 1 aromatic rings. The zero-order valence-electron chi connectivity index (χ0n) is 9.87. The highest BCUT2D eigenvalue weighted by molar-refractivity contribution is 5.84. The second-order valence-corrected chi connectivity index (χ2v) is 4.00. The van der Waals surface area contributed by atoms with Gasteiger partial charge in [-0.15, -0.1) is 0 Å². The van der Waals surface area contributed by atoms with E-state index in [1.54, 1.807) is 6.07 Å². The molecule has 0 aliphatic carbocycles. The molecule has 0 saturated carbocycles. The zero-order valence-corrected chi connectivity index (χ0v) is 9.87. The molecule has 17 heavy (non-hydrogen) atoms. The van der Waals surface area contributed by atoms with Crippen molar-refractivity contribution < 1.29 is 0 Å². The first-order valence-electron chi connectivity index (χ1n) is 5.81. The van der Waals surface area contributed by atoms with E-state index >= 15 is 0 Å². The molecule has 2 N–H and O–H groups in total. The highest BCUT2D eigenvalue weighted by atomic mass is 14.4. The monoisotopic (exact) mass is 227 g/mol. The molecule has 0 spiro atoms. The molecule has 0 aromatic heterocycles. The average molecular weight is 227 g/mol. The van der Waals surface area contributed by atoms with Crippen molar-refractivity contribution in [2.45, 2.75) is 32.1 Å². The van der Waals surface area contributed by atoms with Gasteiger partial charge in [0.25, 0.3) is 0 Å². The van der Waals surface area contributed by atoms with Gasteiger partial charge >= 0.3 is 0 Å². The minimum atomic E-state index is 0.564. The summed E-state index contributed by atoms with van der Waals surface area (Å²) in [6.45, 7) is 0. The lowest BCUT2D eigenvalue weighted by atomic mass is 10.00. The lowest BCUT2D eigenvalue weighted by molar-refractivity contribution is 0.791. The minimum absolute atomic E-state index is 0.564. The number of nitriles is 1. The summed E-state index contributed by atoms with van der Waals surface area (Å²) in [5.41, 5.74) is 2.27. The van der Waals surface area contributed by atoms with Crippen LogP contribution in [0.4, 0.5) is 0 Å². The number of benzene rings is 1. The van der Waals surface area contributed by atoms with Crippen LogP contribution in [0.2, 0.25) is 0 Å². The molecule has 0 aliphatic heterocycles. The predicted molar refractivity (Wildman–Crippen MR) is 69.8 cm³/mol. The molecule has 88 valence electrons. The van der Waals surface area contributed by atoms with Crippen LogP contribution in [0.5, 0.6) is 0 Å². The fraction of sp³-hybridized carbons (Fsp3) is 0.357. The number of nitrogens with one attached hydrogen (secondary N) is 2. The van der Waals surface area contributed by atoms with Crippen LogP contribution < -0.4 is 0 Å². The second kappa shape index (κ2) is 7.34. The normalized spacial score (nSPS) is 9.59. The van der Waals surface area contributed by atoms with E-state index in [9.17, 15) is 0 Å². The van der Waals surface area contributed by atoms with Gasteiger partial charge in [0.05, 0.1) is 11.6 Å². The summed E-state index contributed by atoms with van der Waals surface area (Å²) in [6, 6.07) is 9.59. The number of nitrogens with zero attached hydrogens (tertiary/aromatic N) is 1. The van der Waals surface area contributed by atoms with E-state index < -0.39 is 0 Å². The summed E-state index contributed by atoms with van der Waals surface area (Å²) in [5.74, 6) is 0. The Morgan fingerprint density at radius 3 is 2.76 bits per heavy atom. The molecular formula is C14H17N3. The van der Waals surface area contributed by atoms with Crippen LogP contribution >= 0.6 is 0 Å². The summed E-state index contributed by atoms with van der Waals surface area (Å²) in [4.78, 5) is 0. The van der Waals surface area contributed by atoms with E-state index in [0.717, 1.165) is 31.2 Å². The van der Waals surface area contributed by atoms with Crippen molar-refractivity contribution in [3.8, 4) is 6.07 Å². The highest BCUT2D eigenvalue weighted by Gasteiger charge is 2.04. The van der Waals surface area contributed by atoms with Gasteiger partial charge in [-0.3, -0.25) is 0 Å². The zero-order chi connectivity index (χ0) is 12.5. The average Bonchev–Trinajstić information content (AvgIpc) is 2.35. The first-order chi connectivity index (χ1) is 8.27. The molecule has 0 radical (unpaired) electrons. The topological polar surface area (TPSA) is 71.5 Å². The van der Waals surface area contributed by atoms with Crippen molar-refractivity contribution in [2.24, 2.45) is 0 Å². The number of hydrogen-bond donors (Lipinski definition) is 2. The summed E-state index contributed by atoms with van der Waals surface area (Å²) in [6.07, 6.45) is 5.44. The first kappa shape index (κ1) is 13.1. The molecule has 0 aliphatic rings. The lowest BCUT2D eigenvalue weighted by Crippen LogP contribution is -2.03. The number of hydrogen-bond acceptors (Lipinski definition) is 3. The number of unbranched alkanes of at least 4 members (excludes halogenated alkanes) is 2. The molecule has 3 nitrogen and oxygen atoms in total. The Hall–Kier alpha value is -1.95. The van der Waals surface area contributed by atoms with E-state index in [1.807, 2.05) is 18.2 Å². The predicted octanol–water partition coefficient (Wildman–Crippen LogP) is 3.33. The van der Waals surface area contributed by atoms with Gasteiger partial charge in [0.15, 0.2) is 0 Å². The first-order valence-corrected chi connectivity index (χ1v) is 5.81.